The van der Waals surface area contributed by atoms with Gasteiger partial charge in [0.15, 0.2) is 0 Å². The van der Waals surface area contributed by atoms with Crippen LogP contribution in [0.15, 0.2) is 206 Å². The molecule has 0 aliphatic carbocycles. The lowest BCUT2D eigenvalue weighted by Gasteiger charge is -2.27. The molecule has 9 aromatic carbocycles. The Morgan fingerprint density at radius 2 is 0.628 bits per heavy atom. The van der Waals surface area contributed by atoms with Crippen LogP contribution in [0.1, 0.15) is 4.11 Å². The molecule has 0 fully saturated rings. The van der Waals surface area contributed by atoms with Crippen molar-refractivity contribution in [2.75, 3.05) is 79.9 Å². The number of fused-ring (bicyclic) bond motifs is 4. The Morgan fingerprint density at radius 3 is 1.01 bits per heavy atom. The zero-order chi connectivity index (χ0) is 56.0. The molecule has 0 saturated heterocycles. The highest BCUT2D eigenvalue weighted by atomic mass is 28.3. The second-order valence-corrected chi connectivity index (χ2v) is 33.0. The number of anilines is 14. The lowest BCUT2D eigenvalue weighted by atomic mass is 10.2. The number of nitrogens with zero attached hydrogens (tertiary/aromatic N) is 8. The van der Waals surface area contributed by atoms with Crippen molar-refractivity contribution < 1.29 is 13.6 Å². The molecule has 0 aromatic heterocycles. The average molecular weight is 1060 g/mol. The number of ether oxygens (including phenoxy) is 2. The van der Waals surface area contributed by atoms with Crippen molar-refractivity contribution in [1.82, 2.24) is 0 Å². The Morgan fingerprint density at radius 1 is 0.308 bits per heavy atom. The lowest BCUT2D eigenvalue weighted by molar-refractivity contribution is 0.483. The van der Waals surface area contributed by atoms with Crippen molar-refractivity contribution in [3.05, 3.63) is 206 Å². The van der Waals surface area contributed by atoms with Gasteiger partial charge in [0.1, 0.15) is 36.3 Å². The molecule has 9 aromatic rings. The molecule has 0 N–H and O–H groups in total. The van der Waals surface area contributed by atoms with Crippen molar-refractivity contribution in [2.24, 2.45) is 0 Å². The van der Waals surface area contributed by atoms with Gasteiger partial charge in [0.25, 0.3) is 0 Å². The van der Waals surface area contributed by atoms with Crippen molar-refractivity contribution in [1.29, 1.82) is 0 Å². The normalized spacial score (nSPS) is 15.5. The van der Waals surface area contributed by atoms with E-state index in [1.165, 1.54) is 26.6 Å². The van der Waals surface area contributed by atoms with Gasteiger partial charge >= 0.3 is 0 Å². The van der Waals surface area contributed by atoms with E-state index in [0.717, 1.165) is 86.5 Å². The monoisotopic (exact) mass is 1060 g/mol. The first-order valence-electron chi connectivity index (χ1n) is 28.4. The summed E-state index contributed by atoms with van der Waals surface area (Å²) in [5.74, 6) is 3.07. The van der Waals surface area contributed by atoms with E-state index in [1.54, 1.807) is 0 Å². The van der Waals surface area contributed by atoms with Gasteiger partial charge in [-0.1, -0.05) is 110 Å². The van der Waals surface area contributed by atoms with Crippen LogP contribution < -0.4 is 59.0 Å². The first-order valence-corrected chi connectivity index (χ1v) is 33.9. The molecule has 4 aliphatic rings. The minimum Gasteiger partial charge on any atom is -0.457 e. The maximum absolute atomic E-state index is 8.24. The maximum atomic E-state index is 8.24. The minimum absolute atomic E-state index is 0.212. The molecule has 4 aliphatic heterocycles. The fraction of sp³-hybridized carbons (Fsp3) is 0.182. The zero-order valence-corrected chi connectivity index (χ0v) is 47.4. The molecule has 4 heterocycles. The molecule has 0 spiro atoms. The third-order valence-electron chi connectivity index (χ3n) is 15.5. The summed E-state index contributed by atoms with van der Waals surface area (Å²) in [4.78, 5) is 17.7. The zero-order valence-electron chi connectivity index (χ0n) is 48.4. The van der Waals surface area contributed by atoms with E-state index in [2.05, 4.69) is 233 Å². The summed E-state index contributed by atoms with van der Waals surface area (Å²) in [7, 11) is -1.52. The molecule has 0 atom stereocenters. The van der Waals surface area contributed by atoms with Crippen LogP contribution in [0.5, 0.6) is 23.0 Å². The maximum Gasteiger partial charge on any atom is 0.129 e. The smallest absolute Gasteiger partial charge is 0.129 e. The Hall–Kier alpha value is -8.59. The minimum atomic E-state index is -2.27. The topological polar surface area (TPSA) is 44.4 Å². The van der Waals surface area contributed by atoms with Crippen LogP contribution in [-0.2, 0) is 0 Å². The molecule has 78 heavy (non-hydrogen) atoms. The summed E-state index contributed by atoms with van der Waals surface area (Å²) in [6.45, 7) is 14.3. The first-order chi connectivity index (χ1) is 38.9. The second-order valence-electron chi connectivity index (χ2n) is 22.9. The molecule has 0 bridgehead atoms. The van der Waals surface area contributed by atoms with Crippen LogP contribution in [0.3, 0.4) is 0 Å². The molecule has 10 nitrogen and oxygen atoms in total. The van der Waals surface area contributed by atoms with Crippen LogP contribution >= 0.6 is 0 Å². The Bertz CT molecular complexity index is 3870. The van der Waals surface area contributed by atoms with E-state index in [9.17, 15) is 0 Å². The van der Waals surface area contributed by atoms with Gasteiger partial charge in [-0.05, 0) is 121 Å². The predicted molar refractivity (Wildman–Crippen MR) is 333 cm³/mol. The largest absolute Gasteiger partial charge is 0.457 e. The van der Waals surface area contributed by atoms with E-state index in [4.69, 9.17) is 13.6 Å². The Kier molecular flexibility index (Phi) is 11.2. The fourth-order valence-corrected chi connectivity index (χ4v) is 13.6. The Balaban J connectivity index is 0.762. The molecule has 12 heteroatoms. The van der Waals surface area contributed by atoms with E-state index >= 15 is 0 Å². The van der Waals surface area contributed by atoms with E-state index in [1.807, 2.05) is 53.4 Å². The molecule has 0 unspecified atom stereocenters. The molecule has 390 valence electrons. The Labute approximate surface area is 466 Å². The van der Waals surface area contributed by atoms with Gasteiger partial charge in [0, 0.05) is 76.5 Å². The SMILES string of the molecule is [2H]C([2H])([2H])N1CN(c2cccc(Oc3cc(N4CN(c5ccc(N6CN(c7cc(Oc8cccc(N9CN(C)c%10ccccc%109)c8)cc([Si](C)(C)C)c7)c7ccccc76)cc5)c5ccccc54)cc([Si](C)(C)C)c3)c2)c2ccccc21. The summed E-state index contributed by atoms with van der Waals surface area (Å²) in [6, 6.07) is 72.5. The van der Waals surface area contributed by atoms with E-state index in [-0.39, 0.29) is 6.67 Å². The highest BCUT2D eigenvalue weighted by Crippen LogP contribution is 2.49. The summed E-state index contributed by atoms with van der Waals surface area (Å²) in [6.07, 6.45) is 0. The van der Waals surface area contributed by atoms with Crippen LogP contribution in [0.4, 0.5) is 79.6 Å². The summed E-state index contributed by atoms with van der Waals surface area (Å²) >= 11 is 0. The molecule has 13 rings (SSSR count). The summed E-state index contributed by atoms with van der Waals surface area (Å²) in [5, 5.41) is 2.62. The number of para-hydroxylation sites is 8. The number of benzene rings is 9. The number of hydrogen-bond acceptors (Lipinski definition) is 10. The van der Waals surface area contributed by atoms with Crippen molar-refractivity contribution >= 4 is 106 Å². The van der Waals surface area contributed by atoms with Crippen molar-refractivity contribution in [2.45, 2.75) is 39.3 Å². The van der Waals surface area contributed by atoms with Crippen LogP contribution in [0.2, 0.25) is 39.3 Å². The van der Waals surface area contributed by atoms with Gasteiger partial charge < -0.3 is 48.7 Å². The standard InChI is InChI=1S/C66H66N8O2Si2/c1-67-43-69(61-25-11-9-23-59(61)67)49-19-17-21-53(35-49)75-55-37-51(39-57(41-55)77(3,4)5)73-45-71(63-27-13-15-29-65(63)73)47-31-33-48(34-32-47)72-46-74(66-30-16-14-28-64(66)72)52-38-56(42-58(40-52)78(6,7)8)76-54-22-18-20-50(36-54)70-44-68(2)60-24-10-12-26-62(60)70/h9-42H,43-46H2,1-8H3/i1D3. The second kappa shape index (κ2) is 19.2. The molecule has 0 amide bonds. The first kappa shape index (κ1) is 45.6. The highest BCUT2D eigenvalue weighted by molar-refractivity contribution is 6.89. The molecule has 0 saturated carbocycles. The van der Waals surface area contributed by atoms with Gasteiger partial charge in [0.2, 0.25) is 0 Å². The molecule has 0 radical (unpaired) electrons. The quantitative estimate of drug-likeness (QED) is 0.111. The average Bonchev–Trinajstić information content (AvgIpc) is 4.42. The highest BCUT2D eigenvalue weighted by Gasteiger charge is 2.33. The third-order valence-corrected chi connectivity index (χ3v) is 19.6. The van der Waals surface area contributed by atoms with Gasteiger partial charge in [-0.2, -0.15) is 0 Å². The van der Waals surface area contributed by atoms with Crippen LogP contribution in [-0.4, -0.2) is 56.8 Å². The van der Waals surface area contributed by atoms with E-state index < -0.39 is 23.1 Å². The van der Waals surface area contributed by atoms with Gasteiger partial charge in [0.05, 0.1) is 75.0 Å². The predicted octanol–water partition coefficient (Wildman–Crippen LogP) is 15.9. The summed E-state index contributed by atoms with van der Waals surface area (Å²) in [5.41, 5.74) is 14.9. The van der Waals surface area contributed by atoms with E-state index in [0.29, 0.717) is 24.8 Å². The van der Waals surface area contributed by atoms with Crippen molar-refractivity contribution in [3.8, 4) is 23.0 Å². The fourth-order valence-electron chi connectivity index (χ4n) is 11.3. The number of hydrogen-bond donors (Lipinski definition) is 0. The number of rotatable bonds is 12. The van der Waals surface area contributed by atoms with Gasteiger partial charge in [-0.15, -0.1) is 0 Å². The molecular formula is C66H66N8O2Si2. The summed E-state index contributed by atoms with van der Waals surface area (Å²) < 4.78 is 38.4. The van der Waals surface area contributed by atoms with Crippen LogP contribution in [0.25, 0.3) is 0 Å². The molecular weight excluding hydrogens is 993 g/mol. The van der Waals surface area contributed by atoms with Crippen molar-refractivity contribution in [3.63, 3.8) is 0 Å². The third kappa shape index (κ3) is 9.03. The van der Waals surface area contributed by atoms with Crippen LogP contribution in [0, 0.1) is 0 Å². The van der Waals surface area contributed by atoms with Gasteiger partial charge in [-0.3, -0.25) is 0 Å². The lowest BCUT2D eigenvalue weighted by Crippen LogP contribution is -2.38. The van der Waals surface area contributed by atoms with Gasteiger partial charge in [-0.25, -0.2) is 0 Å².